The van der Waals surface area contributed by atoms with Gasteiger partial charge in [0.15, 0.2) is 6.61 Å². The van der Waals surface area contributed by atoms with Crippen molar-refractivity contribution in [2.24, 2.45) is 5.92 Å². The van der Waals surface area contributed by atoms with Gasteiger partial charge in [-0.15, -0.1) is 0 Å². The van der Waals surface area contributed by atoms with Crippen molar-refractivity contribution in [2.75, 3.05) is 11.9 Å². The van der Waals surface area contributed by atoms with E-state index in [0.717, 1.165) is 30.5 Å². The molecule has 0 spiro atoms. The number of benzene rings is 1. The van der Waals surface area contributed by atoms with Gasteiger partial charge in [0.2, 0.25) is 5.88 Å². The zero-order chi connectivity index (χ0) is 15.5. The summed E-state index contributed by atoms with van der Waals surface area (Å²) in [5.74, 6) is 1.35. The topological polar surface area (TPSA) is 64.4 Å². The number of anilines is 1. The van der Waals surface area contributed by atoms with Crippen LogP contribution in [0.1, 0.15) is 24.6 Å². The van der Waals surface area contributed by atoms with Crippen molar-refractivity contribution in [1.82, 2.24) is 5.16 Å². The summed E-state index contributed by atoms with van der Waals surface area (Å²) in [5.41, 5.74) is 1.96. The van der Waals surface area contributed by atoms with Crippen molar-refractivity contribution in [3.05, 3.63) is 40.5 Å². The van der Waals surface area contributed by atoms with Crippen LogP contribution in [0.4, 0.5) is 5.88 Å². The molecule has 2 aromatic rings. The molecular weight excluding hydrogens is 304 g/mol. The molecule has 0 fully saturated rings. The van der Waals surface area contributed by atoms with Gasteiger partial charge in [0.1, 0.15) is 5.75 Å². The Kier molecular flexibility index (Phi) is 4.34. The Bertz CT molecular complexity index is 667. The van der Waals surface area contributed by atoms with Crippen LogP contribution >= 0.6 is 11.6 Å². The Morgan fingerprint density at radius 3 is 3.00 bits per heavy atom. The number of carbonyl (C=O) groups is 1. The van der Waals surface area contributed by atoms with E-state index >= 15 is 0 Å². The summed E-state index contributed by atoms with van der Waals surface area (Å²) >= 11 is 5.79. The fourth-order valence-electron chi connectivity index (χ4n) is 2.52. The second-order valence-electron chi connectivity index (χ2n) is 5.58. The Morgan fingerprint density at radius 2 is 2.23 bits per heavy atom. The van der Waals surface area contributed by atoms with E-state index < -0.39 is 0 Å². The molecule has 1 aromatic heterocycles. The molecule has 1 amide bonds. The molecule has 1 unspecified atom stereocenters. The van der Waals surface area contributed by atoms with Crippen LogP contribution in [-0.2, 0) is 17.6 Å². The summed E-state index contributed by atoms with van der Waals surface area (Å²) in [4.78, 5) is 12.0. The first-order valence-electron chi connectivity index (χ1n) is 7.27. The predicted molar refractivity (Wildman–Crippen MR) is 83.3 cm³/mol. The second kappa shape index (κ2) is 6.40. The number of ether oxygens (including phenoxy) is 1. The Hall–Kier alpha value is -2.01. The van der Waals surface area contributed by atoms with Crippen LogP contribution in [0, 0.1) is 5.92 Å². The van der Waals surface area contributed by atoms with Crippen molar-refractivity contribution in [1.29, 1.82) is 0 Å². The summed E-state index contributed by atoms with van der Waals surface area (Å²) in [6.07, 6.45) is 2.89. The summed E-state index contributed by atoms with van der Waals surface area (Å²) in [6, 6.07) is 6.85. The van der Waals surface area contributed by atoms with Gasteiger partial charge in [0.25, 0.3) is 5.91 Å². The molecule has 1 aliphatic carbocycles. The third kappa shape index (κ3) is 3.42. The maximum atomic E-state index is 12.0. The second-order valence-corrected chi connectivity index (χ2v) is 6.01. The van der Waals surface area contributed by atoms with Crippen molar-refractivity contribution >= 4 is 23.4 Å². The first-order valence-corrected chi connectivity index (χ1v) is 7.65. The minimum absolute atomic E-state index is 0.0906. The summed E-state index contributed by atoms with van der Waals surface area (Å²) in [7, 11) is 0. The highest BCUT2D eigenvalue weighted by molar-refractivity contribution is 6.30. The SMILES string of the molecule is CC1CCc2noc(NC(=O)COc3ccc(Cl)cc3)c2C1. The molecule has 1 atom stereocenters. The largest absolute Gasteiger partial charge is 0.484 e. The molecule has 0 bridgehead atoms. The standard InChI is InChI=1S/C16H17ClN2O3/c1-10-2-7-14-13(8-10)16(22-19-14)18-15(20)9-21-12-5-3-11(17)4-6-12/h3-6,10H,2,7-9H2,1H3,(H,18,20). The van der Waals surface area contributed by atoms with Gasteiger partial charge in [-0.2, -0.15) is 0 Å². The quantitative estimate of drug-likeness (QED) is 0.936. The number of nitrogens with one attached hydrogen (secondary N) is 1. The van der Waals surface area contributed by atoms with E-state index in [4.69, 9.17) is 20.9 Å². The molecule has 1 N–H and O–H groups in total. The fraction of sp³-hybridized carbons (Fsp3) is 0.375. The highest BCUT2D eigenvalue weighted by atomic mass is 35.5. The maximum absolute atomic E-state index is 12.0. The molecule has 5 nitrogen and oxygen atoms in total. The van der Waals surface area contributed by atoms with Gasteiger partial charge < -0.3 is 9.26 Å². The lowest BCUT2D eigenvalue weighted by Gasteiger charge is -2.16. The van der Waals surface area contributed by atoms with E-state index in [1.54, 1.807) is 24.3 Å². The van der Waals surface area contributed by atoms with Gasteiger partial charge in [-0.05, 0) is 49.4 Å². The minimum Gasteiger partial charge on any atom is -0.484 e. The molecule has 1 heterocycles. The molecule has 1 aliphatic rings. The van der Waals surface area contributed by atoms with E-state index in [2.05, 4.69) is 17.4 Å². The molecule has 0 aliphatic heterocycles. The van der Waals surface area contributed by atoms with Crippen molar-refractivity contribution in [2.45, 2.75) is 26.2 Å². The van der Waals surface area contributed by atoms with Gasteiger partial charge in [0, 0.05) is 10.6 Å². The Morgan fingerprint density at radius 1 is 1.45 bits per heavy atom. The third-order valence-electron chi connectivity index (χ3n) is 3.73. The molecule has 22 heavy (non-hydrogen) atoms. The van der Waals surface area contributed by atoms with Gasteiger partial charge in [0.05, 0.1) is 5.69 Å². The van der Waals surface area contributed by atoms with Crippen LogP contribution in [-0.4, -0.2) is 17.7 Å². The normalized spacial score (nSPS) is 16.9. The smallest absolute Gasteiger partial charge is 0.264 e. The van der Waals surface area contributed by atoms with Crippen LogP contribution in [0.3, 0.4) is 0 Å². The number of aryl methyl sites for hydroxylation is 1. The molecule has 0 saturated carbocycles. The number of hydrogen-bond acceptors (Lipinski definition) is 4. The molecule has 6 heteroatoms. The number of fused-ring (bicyclic) bond motifs is 1. The number of amides is 1. The number of rotatable bonds is 4. The van der Waals surface area contributed by atoms with Crippen LogP contribution in [0.15, 0.2) is 28.8 Å². The van der Waals surface area contributed by atoms with E-state index in [9.17, 15) is 4.79 Å². The lowest BCUT2D eigenvalue weighted by atomic mass is 9.89. The van der Waals surface area contributed by atoms with E-state index in [1.165, 1.54) is 0 Å². The van der Waals surface area contributed by atoms with Crippen molar-refractivity contribution in [3.63, 3.8) is 0 Å². The van der Waals surface area contributed by atoms with E-state index in [-0.39, 0.29) is 12.5 Å². The summed E-state index contributed by atoms with van der Waals surface area (Å²) in [6.45, 7) is 2.10. The number of hydrogen-bond donors (Lipinski definition) is 1. The van der Waals surface area contributed by atoms with Gasteiger partial charge in [-0.3, -0.25) is 10.1 Å². The molecule has 1 aromatic carbocycles. The van der Waals surface area contributed by atoms with Crippen LogP contribution in [0.5, 0.6) is 5.75 Å². The average molecular weight is 321 g/mol. The Balaban J connectivity index is 1.58. The van der Waals surface area contributed by atoms with Crippen LogP contribution in [0.25, 0.3) is 0 Å². The molecule has 0 radical (unpaired) electrons. The molecule has 3 rings (SSSR count). The van der Waals surface area contributed by atoms with Crippen LogP contribution < -0.4 is 10.1 Å². The number of halogens is 1. The number of nitrogens with zero attached hydrogens (tertiary/aromatic N) is 1. The first kappa shape index (κ1) is 14.9. The van der Waals surface area contributed by atoms with E-state index in [1.807, 2.05) is 0 Å². The number of carbonyl (C=O) groups excluding carboxylic acids is 1. The van der Waals surface area contributed by atoms with Gasteiger partial charge >= 0.3 is 0 Å². The first-order chi connectivity index (χ1) is 10.6. The monoisotopic (exact) mass is 320 g/mol. The molecular formula is C16H17ClN2O3. The van der Waals surface area contributed by atoms with Crippen LogP contribution in [0.2, 0.25) is 5.02 Å². The molecule has 0 saturated heterocycles. The van der Waals surface area contributed by atoms with Gasteiger partial charge in [-0.1, -0.05) is 23.7 Å². The van der Waals surface area contributed by atoms with Crippen molar-refractivity contribution < 1.29 is 14.1 Å². The third-order valence-corrected chi connectivity index (χ3v) is 3.98. The lowest BCUT2D eigenvalue weighted by molar-refractivity contribution is -0.118. The fourth-order valence-corrected chi connectivity index (χ4v) is 2.65. The van der Waals surface area contributed by atoms with Gasteiger partial charge in [-0.25, -0.2) is 0 Å². The highest BCUT2D eigenvalue weighted by Gasteiger charge is 2.24. The van der Waals surface area contributed by atoms with E-state index in [0.29, 0.717) is 22.6 Å². The summed E-state index contributed by atoms with van der Waals surface area (Å²) in [5, 5.41) is 7.38. The highest BCUT2D eigenvalue weighted by Crippen LogP contribution is 2.30. The lowest BCUT2D eigenvalue weighted by Crippen LogP contribution is -2.21. The van der Waals surface area contributed by atoms with Crippen molar-refractivity contribution in [3.8, 4) is 5.75 Å². The Labute approximate surface area is 133 Å². The molecule has 116 valence electrons. The minimum atomic E-state index is -0.271. The predicted octanol–water partition coefficient (Wildman–Crippen LogP) is 3.47. The zero-order valence-corrected chi connectivity index (χ0v) is 13.0. The average Bonchev–Trinajstić information content (AvgIpc) is 2.89. The number of aromatic nitrogens is 1. The maximum Gasteiger partial charge on any atom is 0.264 e. The summed E-state index contributed by atoms with van der Waals surface area (Å²) < 4.78 is 10.7. The zero-order valence-electron chi connectivity index (χ0n) is 12.3.